The SMILES string of the molecule is CCN1c2ccc(Br)cc2S(=O)c2cc(Br)ccc21. The molecule has 98 valence electrons. The summed E-state index contributed by atoms with van der Waals surface area (Å²) in [6, 6.07) is 11.9. The van der Waals surface area contributed by atoms with E-state index in [2.05, 4.69) is 43.7 Å². The molecule has 19 heavy (non-hydrogen) atoms. The van der Waals surface area contributed by atoms with Crippen LogP contribution in [-0.2, 0) is 10.8 Å². The molecule has 0 radical (unpaired) electrons. The molecule has 2 aromatic carbocycles. The third-order valence-corrected chi connectivity index (χ3v) is 5.58. The van der Waals surface area contributed by atoms with Crippen LogP contribution in [0.2, 0.25) is 0 Å². The lowest BCUT2D eigenvalue weighted by molar-refractivity contribution is 0.681. The monoisotopic (exact) mass is 399 g/mol. The average molecular weight is 401 g/mol. The quantitative estimate of drug-likeness (QED) is 0.681. The van der Waals surface area contributed by atoms with Crippen LogP contribution in [0.4, 0.5) is 11.4 Å². The van der Waals surface area contributed by atoms with Crippen molar-refractivity contribution in [1.29, 1.82) is 0 Å². The summed E-state index contributed by atoms with van der Waals surface area (Å²) in [5, 5.41) is 0. The number of rotatable bonds is 1. The molecule has 0 aliphatic carbocycles. The van der Waals surface area contributed by atoms with Crippen molar-refractivity contribution in [2.24, 2.45) is 0 Å². The maximum Gasteiger partial charge on any atom is 0.0892 e. The van der Waals surface area contributed by atoms with Gasteiger partial charge in [0.15, 0.2) is 0 Å². The highest BCUT2D eigenvalue weighted by Gasteiger charge is 2.27. The van der Waals surface area contributed by atoms with Gasteiger partial charge in [0.1, 0.15) is 0 Å². The summed E-state index contributed by atoms with van der Waals surface area (Å²) in [6.07, 6.45) is 0. The molecule has 1 aliphatic heterocycles. The molecule has 1 heterocycles. The van der Waals surface area contributed by atoms with Crippen molar-refractivity contribution in [3.05, 3.63) is 45.3 Å². The maximum atomic E-state index is 12.7. The summed E-state index contributed by atoms with van der Waals surface area (Å²) in [7, 11) is -1.13. The van der Waals surface area contributed by atoms with E-state index in [9.17, 15) is 4.21 Å². The van der Waals surface area contributed by atoms with Gasteiger partial charge in [0.05, 0.1) is 32.0 Å². The highest BCUT2D eigenvalue weighted by Crippen LogP contribution is 2.43. The zero-order chi connectivity index (χ0) is 13.6. The normalized spacial score (nSPS) is 14.2. The zero-order valence-corrected chi connectivity index (χ0v) is 14.2. The Morgan fingerprint density at radius 2 is 1.47 bits per heavy atom. The van der Waals surface area contributed by atoms with Crippen LogP contribution < -0.4 is 4.90 Å². The lowest BCUT2D eigenvalue weighted by atomic mass is 10.2. The van der Waals surface area contributed by atoms with Gasteiger partial charge in [0.25, 0.3) is 0 Å². The first kappa shape index (κ1) is 13.3. The van der Waals surface area contributed by atoms with Crippen LogP contribution in [0.5, 0.6) is 0 Å². The van der Waals surface area contributed by atoms with Crippen LogP contribution in [0.1, 0.15) is 6.92 Å². The fraction of sp³-hybridized carbons (Fsp3) is 0.143. The van der Waals surface area contributed by atoms with E-state index in [1.807, 2.05) is 36.4 Å². The van der Waals surface area contributed by atoms with Crippen LogP contribution >= 0.6 is 31.9 Å². The zero-order valence-electron chi connectivity index (χ0n) is 10.2. The van der Waals surface area contributed by atoms with Gasteiger partial charge in [0, 0.05) is 15.5 Å². The molecule has 0 unspecified atom stereocenters. The Balaban J connectivity index is 2.28. The first-order valence-corrected chi connectivity index (χ1v) is 8.64. The first-order chi connectivity index (χ1) is 9.11. The molecule has 3 rings (SSSR count). The molecule has 2 aromatic rings. The minimum absolute atomic E-state index is 0.848. The summed E-state index contributed by atoms with van der Waals surface area (Å²) < 4.78 is 14.6. The summed E-state index contributed by atoms with van der Waals surface area (Å²) in [6.45, 7) is 2.95. The average Bonchev–Trinajstić information content (AvgIpc) is 2.40. The Bertz CT molecular complexity index is 632. The van der Waals surface area contributed by atoms with Gasteiger partial charge < -0.3 is 4.90 Å². The van der Waals surface area contributed by atoms with Gasteiger partial charge in [-0.05, 0) is 43.3 Å². The predicted octanol–water partition coefficient (Wildman–Crippen LogP) is 4.85. The Morgan fingerprint density at radius 1 is 1.00 bits per heavy atom. The van der Waals surface area contributed by atoms with Crippen LogP contribution in [0.15, 0.2) is 55.1 Å². The maximum absolute atomic E-state index is 12.7. The molecule has 1 aliphatic rings. The second-order valence-corrected chi connectivity index (χ2v) is 7.49. The summed E-state index contributed by atoms with van der Waals surface area (Å²) in [5.41, 5.74) is 2.05. The van der Waals surface area contributed by atoms with Crippen LogP contribution in [0.25, 0.3) is 0 Å². The molecular weight excluding hydrogens is 390 g/mol. The van der Waals surface area contributed by atoms with Gasteiger partial charge in [-0.25, -0.2) is 4.21 Å². The number of hydrogen-bond donors (Lipinski definition) is 0. The van der Waals surface area contributed by atoms with E-state index in [0.717, 1.165) is 36.7 Å². The van der Waals surface area contributed by atoms with Crippen LogP contribution in [-0.4, -0.2) is 10.8 Å². The van der Waals surface area contributed by atoms with E-state index in [0.29, 0.717) is 0 Å². The number of benzene rings is 2. The Morgan fingerprint density at radius 3 is 1.89 bits per heavy atom. The highest BCUT2D eigenvalue weighted by atomic mass is 79.9. The summed E-state index contributed by atoms with van der Waals surface area (Å²) in [5.74, 6) is 0. The molecule has 0 saturated carbocycles. The smallest absolute Gasteiger partial charge is 0.0892 e. The minimum atomic E-state index is -1.13. The van der Waals surface area contributed by atoms with E-state index in [1.165, 1.54) is 0 Å². The van der Waals surface area contributed by atoms with E-state index in [4.69, 9.17) is 0 Å². The lowest BCUT2D eigenvalue weighted by Gasteiger charge is -2.31. The number of halogens is 2. The first-order valence-electron chi connectivity index (χ1n) is 5.90. The van der Waals surface area contributed by atoms with Crippen molar-refractivity contribution in [1.82, 2.24) is 0 Å². The fourth-order valence-electron chi connectivity index (χ4n) is 2.31. The number of hydrogen-bond acceptors (Lipinski definition) is 2. The molecule has 0 fully saturated rings. The predicted molar refractivity (Wildman–Crippen MR) is 85.6 cm³/mol. The van der Waals surface area contributed by atoms with Gasteiger partial charge in [-0.1, -0.05) is 31.9 Å². The van der Waals surface area contributed by atoms with Gasteiger partial charge in [-0.2, -0.15) is 0 Å². The van der Waals surface area contributed by atoms with Crippen molar-refractivity contribution in [3.63, 3.8) is 0 Å². The molecule has 0 atom stereocenters. The van der Waals surface area contributed by atoms with Gasteiger partial charge in [-0.3, -0.25) is 0 Å². The lowest BCUT2D eigenvalue weighted by Crippen LogP contribution is -2.23. The Hall–Kier alpha value is -0.650. The van der Waals surface area contributed by atoms with Gasteiger partial charge >= 0.3 is 0 Å². The Kier molecular flexibility index (Phi) is 3.53. The molecule has 0 aromatic heterocycles. The third kappa shape index (κ3) is 2.18. The van der Waals surface area contributed by atoms with Gasteiger partial charge in [-0.15, -0.1) is 0 Å². The van der Waals surface area contributed by atoms with Crippen LogP contribution in [0, 0.1) is 0 Å². The van der Waals surface area contributed by atoms with Crippen molar-refractivity contribution in [2.45, 2.75) is 16.7 Å². The second-order valence-electron chi connectivity index (χ2n) is 4.24. The fourth-order valence-corrected chi connectivity index (χ4v) is 4.77. The molecule has 0 amide bonds. The third-order valence-electron chi connectivity index (χ3n) is 3.14. The van der Waals surface area contributed by atoms with E-state index in [-0.39, 0.29) is 0 Å². The molecule has 0 N–H and O–H groups in total. The largest absolute Gasteiger partial charge is 0.340 e. The van der Waals surface area contributed by atoms with E-state index >= 15 is 0 Å². The standard InChI is InChI=1S/C14H11Br2NOS/c1-2-17-11-5-3-9(15)7-13(11)19(18)14-8-10(16)4-6-12(14)17/h3-8H,2H2,1H3. The number of fused-ring (bicyclic) bond motifs is 2. The second kappa shape index (κ2) is 5.04. The topological polar surface area (TPSA) is 20.3 Å². The van der Waals surface area contributed by atoms with Crippen molar-refractivity contribution in [2.75, 3.05) is 11.4 Å². The number of nitrogens with zero attached hydrogens (tertiary/aromatic N) is 1. The molecule has 5 heteroatoms. The molecule has 0 saturated heterocycles. The molecule has 0 bridgehead atoms. The van der Waals surface area contributed by atoms with Crippen LogP contribution in [0.3, 0.4) is 0 Å². The highest BCUT2D eigenvalue weighted by molar-refractivity contribution is 9.10. The summed E-state index contributed by atoms with van der Waals surface area (Å²) >= 11 is 6.90. The van der Waals surface area contributed by atoms with E-state index < -0.39 is 10.8 Å². The molecule has 0 spiro atoms. The Labute approximate surface area is 131 Å². The van der Waals surface area contributed by atoms with Crippen molar-refractivity contribution in [3.8, 4) is 0 Å². The van der Waals surface area contributed by atoms with Crippen molar-refractivity contribution < 1.29 is 4.21 Å². The number of anilines is 2. The minimum Gasteiger partial charge on any atom is -0.340 e. The molecular formula is C14H11Br2NOS. The summed E-state index contributed by atoms with van der Waals surface area (Å²) in [4.78, 5) is 3.92. The van der Waals surface area contributed by atoms with Crippen molar-refractivity contribution >= 4 is 54.0 Å². The molecule has 2 nitrogen and oxygen atoms in total. The van der Waals surface area contributed by atoms with E-state index in [1.54, 1.807) is 0 Å². The van der Waals surface area contributed by atoms with Gasteiger partial charge in [0.2, 0.25) is 0 Å².